The van der Waals surface area contributed by atoms with Crippen LogP contribution in [0.15, 0.2) is 35.3 Å². The summed E-state index contributed by atoms with van der Waals surface area (Å²) in [6.45, 7) is 11.0. The van der Waals surface area contributed by atoms with E-state index < -0.39 is 0 Å². The monoisotopic (exact) mass is 417 g/mol. The number of morpholine rings is 1. The van der Waals surface area contributed by atoms with Gasteiger partial charge < -0.3 is 20.3 Å². The lowest BCUT2D eigenvalue weighted by Gasteiger charge is -2.36. The average Bonchev–Trinajstić information content (AvgIpc) is 2.75. The summed E-state index contributed by atoms with van der Waals surface area (Å²) in [5, 5.41) is 6.97. The molecule has 2 atom stereocenters. The van der Waals surface area contributed by atoms with Gasteiger partial charge in [0.2, 0.25) is 5.91 Å². The van der Waals surface area contributed by atoms with Crippen LogP contribution in [-0.4, -0.2) is 81.2 Å². The molecule has 1 saturated heterocycles. The lowest BCUT2D eigenvalue weighted by atomic mass is 10.0. The minimum Gasteiger partial charge on any atom is -0.379 e. The molecule has 0 radical (unpaired) electrons. The Bertz CT molecular complexity index is 657. The van der Waals surface area contributed by atoms with Crippen LogP contribution in [0.3, 0.4) is 0 Å². The van der Waals surface area contributed by atoms with Crippen molar-refractivity contribution >= 4 is 11.9 Å². The van der Waals surface area contributed by atoms with E-state index in [-0.39, 0.29) is 18.5 Å². The molecule has 2 rings (SSSR count). The number of ether oxygens (including phenoxy) is 1. The first-order valence-corrected chi connectivity index (χ1v) is 11.0. The summed E-state index contributed by atoms with van der Waals surface area (Å²) in [7, 11) is 3.50. The first kappa shape index (κ1) is 24.2. The quantitative estimate of drug-likeness (QED) is 0.476. The predicted molar refractivity (Wildman–Crippen MR) is 123 cm³/mol. The number of amides is 1. The zero-order valence-electron chi connectivity index (χ0n) is 19.2. The molecule has 1 aliphatic rings. The van der Waals surface area contributed by atoms with Crippen molar-refractivity contribution in [2.24, 2.45) is 10.9 Å². The maximum atomic E-state index is 12.1. The Morgan fingerprint density at radius 3 is 2.43 bits per heavy atom. The van der Waals surface area contributed by atoms with Crippen molar-refractivity contribution in [1.82, 2.24) is 20.4 Å². The van der Waals surface area contributed by atoms with Gasteiger partial charge in [0, 0.05) is 39.8 Å². The highest BCUT2D eigenvalue weighted by Gasteiger charge is 2.22. The molecule has 7 nitrogen and oxygen atoms in total. The number of hydrogen-bond acceptors (Lipinski definition) is 4. The Morgan fingerprint density at radius 1 is 1.17 bits per heavy atom. The third-order valence-electron chi connectivity index (χ3n) is 5.33. The molecule has 0 bridgehead atoms. The second kappa shape index (κ2) is 12.5. The summed E-state index contributed by atoms with van der Waals surface area (Å²) in [5.74, 6) is 1.26. The van der Waals surface area contributed by atoms with E-state index in [4.69, 9.17) is 4.74 Å². The summed E-state index contributed by atoms with van der Waals surface area (Å²) >= 11 is 0. The molecule has 0 saturated carbocycles. The van der Waals surface area contributed by atoms with Crippen molar-refractivity contribution in [1.29, 1.82) is 0 Å². The van der Waals surface area contributed by atoms with Crippen LogP contribution in [0.2, 0.25) is 0 Å². The fourth-order valence-corrected chi connectivity index (χ4v) is 3.53. The number of rotatable bonds is 9. The van der Waals surface area contributed by atoms with Crippen LogP contribution in [0.25, 0.3) is 0 Å². The standard InChI is InChI=1S/C23H39N5O2/c1-18(2)15-21(28-11-13-30-14-12-28)16-24-23(25-17-22(29)27(4)5)26-19(3)20-9-7-6-8-10-20/h6-10,18-19,21H,11-17H2,1-5H3,(H2,24,25,26). The van der Waals surface area contributed by atoms with E-state index in [9.17, 15) is 4.79 Å². The summed E-state index contributed by atoms with van der Waals surface area (Å²) in [6.07, 6.45) is 1.10. The molecular weight excluding hydrogens is 378 g/mol. The van der Waals surface area contributed by atoms with Crippen LogP contribution in [-0.2, 0) is 9.53 Å². The van der Waals surface area contributed by atoms with E-state index in [2.05, 4.69) is 53.4 Å². The number of likely N-dealkylation sites (N-methyl/N-ethyl adjacent to an activating group) is 1. The van der Waals surface area contributed by atoms with E-state index in [1.807, 2.05) is 18.2 Å². The number of aliphatic imine (C=N–C) groups is 1. The topological polar surface area (TPSA) is 69.2 Å². The molecule has 7 heteroatoms. The van der Waals surface area contributed by atoms with Crippen molar-refractivity contribution in [2.75, 3.05) is 53.5 Å². The number of guanidine groups is 1. The van der Waals surface area contributed by atoms with Crippen LogP contribution in [0.1, 0.15) is 38.8 Å². The SMILES string of the molecule is CC(C)CC(CNC(=NCC(=O)N(C)C)NC(C)c1ccccc1)N1CCOCC1. The molecule has 1 amide bonds. The molecule has 1 aromatic rings. The average molecular weight is 418 g/mol. The Balaban J connectivity index is 2.07. The smallest absolute Gasteiger partial charge is 0.243 e. The number of nitrogens with zero attached hydrogens (tertiary/aromatic N) is 3. The maximum Gasteiger partial charge on any atom is 0.243 e. The third kappa shape index (κ3) is 8.32. The maximum absolute atomic E-state index is 12.1. The van der Waals surface area contributed by atoms with E-state index in [1.54, 1.807) is 19.0 Å². The molecule has 1 aromatic carbocycles. The molecule has 2 N–H and O–H groups in total. The number of carbonyl (C=O) groups excluding carboxylic acids is 1. The summed E-state index contributed by atoms with van der Waals surface area (Å²) in [4.78, 5) is 20.7. The Morgan fingerprint density at radius 2 is 1.83 bits per heavy atom. The molecule has 0 aliphatic carbocycles. The van der Waals surface area contributed by atoms with Gasteiger partial charge in [0.05, 0.1) is 19.3 Å². The van der Waals surface area contributed by atoms with Gasteiger partial charge in [-0.3, -0.25) is 9.69 Å². The molecule has 1 fully saturated rings. The zero-order chi connectivity index (χ0) is 21.9. The second-order valence-corrected chi connectivity index (χ2v) is 8.54. The first-order valence-electron chi connectivity index (χ1n) is 11.0. The van der Waals surface area contributed by atoms with Crippen molar-refractivity contribution in [3.05, 3.63) is 35.9 Å². The van der Waals surface area contributed by atoms with Crippen molar-refractivity contribution < 1.29 is 9.53 Å². The van der Waals surface area contributed by atoms with E-state index in [1.165, 1.54) is 5.56 Å². The summed E-state index contributed by atoms with van der Waals surface area (Å²) < 4.78 is 5.53. The van der Waals surface area contributed by atoms with Crippen LogP contribution in [0, 0.1) is 5.92 Å². The Kier molecular flexibility index (Phi) is 10.1. The minimum absolute atomic E-state index is 0.0182. The van der Waals surface area contributed by atoms with Crippen LogP contribution in [0.5, 0.6) is 0 Å². The van der Waals surface area contributed by atoms with Gasteiger partial charge in [0.1, 0.15) is 6.54 Å². The van der Waals surface area contributed by atoms with Crippen LogP contribution in [0.4, 0.5) is 0 Å². The van der Waals surface area contributed by atoms with Gasteiger partial charge in [-0.05, 0) is 24.8 Å². The van der Waals surface area contributed by atoms with Gasteiger partial charge in [-0.2, -0.15) is 0 Å². The molecule has 1 heterocycles. The summed E-state index contributed by atoms with van der Waals surface area (Å²) in [5.41, 5.74) is 1.18. The van der Waals surface area contributed by atoms with Crippen molar-refractivity contribution in [3.63, 3.8) is 0 Å². The highest BCUT2D eigenvalue weighted by Crippen LogP contribution is 2.14. The lowest BCUT2D eigenvalue weighted by molar-refractivity contribution is -0.127. The molecule has 2 unspecified atom stereocenters. The number of nitrogens with one attached hydrogen (secondary N) is 2. The van der Waals surface area contributed by atoms with E-state index in [0.29, 0.717) is 17.9 Å². The van der Waals surface area contributed by atoms with E-state index in [0.717, 1.165) is 39.3 Å². The fraction of sp³-hybridized carbons (Fsp3) is 0.652. The fourth-order valence-electron chi connectivity index (χ4n) is 3.53. The van der Waals surface area contributed by atoms with Crippen molar-refractivity contribution in [3.8, 4) is 0 Å². The molecule has 0 spiro atoms. The predicted octanol–water partition coefficient (Wildman–Crippen LogP) is 2.12. The van der Waals surface area contributed by atoms with Crippen LogP contribution < -0.4 is 10.6 Å². The largest absolute Gasteiger partial charge is 0.379 e. The van der Waals surface area contributed by atoms with Gasteiger partial charge in [-0.1, -0.05) is 44.2 Å². The Hall–Kier alpha value is -2.12. The Labute approximate surface area is 181 Å². The molecule has 168 valence electrons. The normalized spacial score (nSPS) is 17.5. The summed E-state index contributed by atoms with van der Waals surface area (Å²) in [6, 6.07) is 10.7. The van der Waals surface area contributed by atoms with Crippen molar-refractivity contribution in [2.45, 2.75) is 39.3 Å². The molecular formula is C23H39N5O2. The molecule has 0 aromatic heterocycles. The zero-order valence-corrected chi connectivity index (χ0v) is 19.2. The van der Waals surface area contributed by atoms with Crippen LogP contribution >= 0.6 is 0 Å². The van der Waals surface area contributed by atoms with E-state index >= 15 is 0 Å². The van der Waals surface area contributed by atoms with Gasteiger partial charge in [-0.15, -0.1) is 0 Å². The highest BCUT2D eigenvalue weighted by atomic mass is 16.5. The number of benzene rings is 1. The van der Waals surface area contributed by atoms with Gasteiger partial charge in [0.15, 0.2) is 5.96 Å². The molecule has 1 aliphatic heterocycles. The third-order valence-corrected chi connectivity index (χ3v) is 5.33. The number of carbonyl (C=O) groups is 1. The first-order chi connectivity index (χ1) is 14.4. The minimum atomic E-state index is -0.0182. The van der Waals surface area contributed by atoms with Gasteiger partial charge in [0.25, 0.3) is 0 Å². The highest BCUT2D eigenvalue weighted by molar-refractivity contribution is 5.85. The van der Waals surface area contributed by atoms with Gasteiger partial charge in [-0.25, -0.2) is 4.99 Å². The second-order valence-electron chi connectivity index (χ2n) is 8.54. The van der Waals surface area contributed by atoms with Gasteiger partial charge >= 0.3 is 0 Å². The molecule has 30 heavy (non-hydrogen) atoms. The number of hydrogen-bond donors (Lipinski definition) is 2. The lowest BCUT2D eigenvalue weighted by Crippen LogP contribution is -2.51.